The fraction of sp³-hybridized carbons (Fsp3) is 1.00. The van der Waals surface area contributed by atoms with E-state index in [0.29, 0.717) is 0 Å². The Hall–Kier alpha value is 0.880. The summed E-state index contributed by atoms with van der Waals surface area (Å²) in [7, 11) is -4.48. The summed E-state index contributed by atoms with van der Waals surface area (Å²) >= 11 is 8.18. The lowest BCUT2D eigenvalue weighted by atomic mass is 10.5. The van der Waals surface area contributed by atoms with E-state index in [9.17, 15) is 4.57 Å². The number of hydrogen-bond donors (Lipinski definition) is 2. The second-order valence-electron chi connectivity index (χ2n) is 1.57. The zero-order chi connectivity index (χ0) is 8.41. The average molecular weight is 253 g/mol. The summed E-state index contributed by atoms with van der Waals surface area (Å²) in [6.07, 6.45) is 0.250. The smallest absolute Gasteiger partial charge is 0.303 e. The van der Waals surface area contributed by atoms with E-state index in [4.69, 9.17) is 21.4 Å². The Morgan fingerprint density at radius 3 is 2.30 bits per heavy atom. The van der Waals surface area contributed by atoms with Gasteiger partial charge < -0.3 is 9.79 Å². The third-order valence-electron chi connectivity index (χ3n) is 0.664. The zero-order valence-corrected chi connectivity index (χ0v) is 8.36. The Balaban J connectivity index is 4.02. The molecule has 0 radical (unpaired) electrons. The lowest BCUT2D eigenvalue weighted by molar-refractivity contribution is 0.162. The molecule has 0 aromatic carbocycles. The van der Waals surface area contributed by atoms with Gasteiger partial charge >= 0.3 is 7.82 Å². The molecular formula is C3H7BrClO4P. The van der Waals surface area contributed by atoms with Gasteiger partial charge in [0, 0.05) is 0 Å². The van der Waals surface area contributed by atoms with Crippen LogP contribution < -0.4 is 0 Å². The number of halogens is 2. The second kappa shape index (κ2) is 3.52. The van der Waals surface area contributed by atoms with E-state index in [1.54, 1.807) is 6.92 Å². The summed E-state index contributed by atoms with van der Waals surface area (Å²) in [6.45, 7) is 1.62. The third kappa shape index (κ3) is 5.65. The molecule has 0 aromatic rings. The maximum Gasteiger partial charge on any atom is 0.471 e. The molecule has 10 heavy (non-hydrogen) atoms. The van der Waals surface area contributed by atoms with Crippen molar-refractivity contribution >= 4 is 35.4 Å². The van der Waals surface area contributed by atoms with Gasteiger partial charge in [0.2, 0.25) is 3.97 Å². The maximum absolute atomic E-state index is 10.2. The van der Waals surface area contributed by atoms with Crippen LogP contribution >= 0.6 is 35.4 Å². The highest BCUT2D eigenvalue weighted by molar-refractivity contribution is 9.10. The van der Waals surface area contributed by atoms with Crippen LogP contribution in [-0.2, 0) is 9.09 Å². The van der Waals surface area contributed by atoms with Crippen molar-refractivity contribution in [3.05, 3.63) is 0 Å². The third-order valence-corrected chi connectivity index (χ3v) is 2.64. The van der Waals surface area contributed by atoms with Crippen molar-refractivity contribution in [3.8, 4) is 0 Å². The van der Waals surface area contributed by atoms with E-state index >= 15 is 0 Å². The first-order chi connectivity index (χ1) is 4.27. The van der Waals surface area contributed by atoms with E-state index < -0.39 is 11.8 Å². The lowest BCUT2D eigenvalue weighted by Gasteiger charge is -2.18. The normalized spacial score (nSPS) is 18.5. The van der Waals surface area contributed by atoms with Crippen LogP contribution in [0.1, 0.15) is 13.3 Å². The number of rotatable bonds is 3. The molecule has 0 aliphatic heterocycles. The standard InChI is InChI=1S/C3H7BrClO4P/c1-2-3(4,5)9-10(6,7)8/h2H2,1H3,(H2,6,7,8). The van der Waals surface area contributed by atoms with Gasteiger partial charge in [-0.25, -0.2) is 4.57 Å². The van der Waals surface area contributed by atoms with Crippen molar-refractivity contribution in [1.29, 1.82) is 0 Å². The highest BCUT2D eigenvalue weighted by Gasteiger charge is 2.31. The molecule has 7 heteroatoms. The molecule has 0 saturated carbocycles. The van der Waals surface area contributed by atoms with Gasteiger partial charge in [-0.3, -0.25) is 4.52 Å². The second-order valence-corrected chi connectivity index (χ2v) is 5.08. The molecule has 0 heterocycles. The SMILES string of the molecule is CCC(Cl)(Br)OP(=O)(O)O. The fourth-order valence-electron chi connectivity index (χ4n) is 0.239. The van der Waals surface area contributed by atoms with E-state index in [1.165, 1.54) is 0 Å². The molecule has 0 aliphatic carbocycles. The van der Waals surface area contributed by atoms with Crippen LogP contribution in [0.25, 0.3) is 0 Å². The summed E-state index contributed by atoms with van der Waals surface area (Å²) < 4.78 is 12.8. The van der Waals surface area contributed by atoms with Gasteiger partial charge in [0.15, 0.2) is 0 Å². The molecule has 0 saturated heterocycles. The minimum Gasteiger partial charge on any atom is -0.303 e. The Morgan fingerprint density at radius 1 is 1.80 bits per heavy atom. The summed E-state index contributed by atoms with van der Waals surface area (Å²) in [5.41, 5.74) is 0. The summed E-state index contributed by atoms with van der Waals surface area (Å²) in [4.78, 5) is 16.5. The van der Waals surface area contributed by atoms with Gasteiger partial charge in [-0.1, -0.05) is 18.5 Å². The predicted octanol–water partition coefficient (Wildman–Crippen LogP) is 1.79. The molecule has 62 valence electrons. The highest BCUT2D eigenvalue weighted by Crippen LogP contribution is 2.46. The lowest BCUT2D eigenvalue weighted by Crippen LogP contribution is -2.13. The summed E-state index contributed by atoms with van der Waals surface area (Å²) in [5.74, 6) is 0. The predicted molar refractivity (Wildman–Crippen MR) is 40.9 cm³/mol. The van der Waals surface area contributed by atoms with Crippen LogP contribution in [0.3, 0.4) is 0 Å². The van der Waals surface area contributed by atoms with E-state index in [1.807, 2.05) is 0 Å². The maximum atomic E-state index is 10.2. The van der Waals surface area contributed by atoms with Gasteiger partial charge in [0.1, 0.15) is 0 Å². The molecule has 1 atom stereocenters. The van der Waals surface area contributed by atoms with Gasteiger partial charge in [0.05, 0.1) is 0 Å². The number of hydrogen-bond acceptors (Lipinski definition) is 2. The first-order valence-electron chi connectivity index (χ1n) is 2.41. The van der Waals surface area contributed by atoms with Crippen LogP contribution in [0.4, 0.5) is 0 Å². The first kappa shape index (κ1) is 10.9. The molecule has 0 fully saturated rings. The van der Waals surface area contributed by atoms with Crippen molar-refractivity contribution in [2.24, 2.45) is 0 Å². The van der Waals surface area contributed by atoms with Gasteiger partial charge in [-0.15, -0.1) is 0 Å². The number of alkyl halides is 2. The minimum atomic E-state index is -4.48. The van der Waals surface area contributed by atoms with Crippen LogP contribution in [-0.4, -0.2) is 13.8 Å². The molecule has 1 unspecified atom stereocenters. The van der Waals surface area contributed by atoms with Crippen LogP contribution in [0.5, 0.6) is 0 Å². The van der Waals surface area contributed by atoms with Crippen LogP contribution in [0.15, 0.2) is 0 Å². The van der Waals surface area contributed by atoms with Crippen molar-refractivity contribution < 1.29 is 18.9 Å². The monoisotopic (exact) mass is 252 g/mol. The zero-order valence-electron chi connectivity index (χ0n) is 5.12. The van der Waals surface area contributed by atoms with Gasteiger partial charge in [-0.2, -0.15) is 0 Å². The topological polar surface area (TPSA) is 66.8 Å². The summed E-state index contributed by atoms with van der Waals surface area (Å²) in [6, 6.07) is 0. The van der Waals surface area contributed by atoms with Crippen molar-refractivity contribution in [3.63, 3.8) is 0 Å². The van der Waals surface area contributed by atoms with Crippen molar-refractivity contribution in [2.75, 3.05) is 0 Å². The average Bonchev–Trinajstić information content (AvgIpc) is 1.60. The number of phosphoric ester groups is 1. The molecule has 2 N–H and O–H groups in total. The quantitative estimate of drug-likeness (QED) is 0.594. The molecule has 0 aromatic heterocycles. The Morgan fingerprint density at radius 2 is 2.20 bits per heavy atom. The molecular weight excluding hydrogens is 246 g/mol. The van der Waals surface area contributed by atoms with E-state index in [2.05, 4.69) is 20.5 Å². The molecule has 4 nitrogen and oxygen atoms in total. The molecule has 0 aliphatic rings. The van der Waals surface area contributed by atoms with E-state index in [0.717, 1.165) is 0 Å². The largest absolute Gasteiger partial charge is 0.471 e. The fourth-order valence-corrected chi connectivity index (χ4v) is 1.55. The van der Waals surface area contributed by atoms with Crippen molar-refractivity contribution in [1.82, 2.24) is 0 Å². The van der Waals surface area contributed by atoms with Crippen LogP contribution in [0, 0.1) is 0 Å². The molecule has 0 spiro atoms. The van der Waals surface area contributed by atoms with Gasteiger partial charge in [-0.05, 0) is 22.4 Å². The Kier molecular flexibility index (Phi) is 3.83. The first-order valence-corrected chi connectivity index (χ1v) is 5.11. The highest BCUT2D eigenvalue weighted by atomic mass is 79.9. The molecule has 0 amide bonds. The Bertz CT molecular complexity index is 155. The van der Waals surface area contributed by atoms with Gasteiger partial charge in [0.25, 0.3) is 0 Å². The summed E-state index contributed by atoms with van der Waals surface area (Å²) in [5, 5.41) is 0. The van der Waals surface area contributed by atoms with E-state index in [-0.39, 0.29) is 6.42 Å². The minimum absolute atomic E-state index is 0.250. The molecule has 0 rings (SSSR count). The number of phosphoric acid groups is 1. The van der Waals surface area contributed by atoms with Crippen LogP contribution in [0.2, 0.25) is 0 Å². The molecule has 0 bridgehead atoms. The Labute approximate surface area is 71.9 Å². The van der Waals surface area contributed by atoms with Crippen molar-refractivity contribution in [2.45, 2.75) is 17.3 Å².